The van der Waals surface area contributed by atoms with Crippen LogP contribution in [0.1, 0.15) is 24.0 Å². The zero-order valence-corrected chi connectivity index (χ0v) is 13.6. The molecule has 3 rings (SSSR count). The van der Waals surface area contributed by atoms with E-state index in [2.05, 4.69) is 51.4 Å². The highest BCUT2D eigenvalue weighted by molar-refractivity contribution is 5.49. The molecule has 0 aliphatic carbocycles. The van der Waals surface area contributed by atoms with E-state index in [1.807, 2.05) is 6.07 Å². The van der Waals surface area contributed by atoms with Crippen LogP contribution in [0.25, 0.3) is 0 Å². The molecule has 0 bridgehead atoms. The number of aromatic nitrogens is 2. The Hall–Kier alpha value is -2.14. The van der Waals surface area contributed by atoms with Crippen LogP contribution in [0.4, 0.5) is 11.6 Å². The molecular weight excluding hydrogens is 288 g/mol. The van der Waals surface area contributed by atoms with Crippen molar-refractivity contribution < 1.29 is 5.11 Å². The molecule has 2 N–H and O–H groups in total. The second-order valence-electron chi connectivity index (χ2n) is 6.17. The van der Waals surface area contributed by atoms with Crippen LogP contribution in [0.3, 0.4) is 0 Å². The van der Waals surface area contributed by atoms with Gasteiger partial charge in [-0.15, -0.1) is 0 Å². The Kier molecular flexibility index (Phi) is 5.08. The highest BCUT2D eigenvalue weighted by Gasteiger charge is 2.15. The fourth-order valence-electron chi connectivity index (χ4n) is 2.92. The smallest absolute Gasteiger partial charge is 0.134 e. The summed E-state index contributed by atoms with van der Waals surface area (Å²) in [5.41, 5.74) is 2.45. The van der Waals surface area contributed by atoms with Crippen LogP contribution < -0.4 is 10.2 Å². The lowest BCUT2D eigenvalue weighted by atomic mass is 10.0. The molecule has 0 amide bonds. The molecule has 1 atom stereocenters. The molecule has 1 aromatic carbocycles. The normalized spacial score (nSPS) is 15.7. The molecule has 1 aliphatic heterocycles. The predicted octanol–water partition coefficient (Wildman–Crippen LogP) is 2.40. The molecule has 1 fully saturated rings. The summed E-state index contributed by atoms with van der Waals surface area (Å²) in [5, 5.41) is 13.0. The van der Waals surface area contributed by atoms with E-state index in [0.29, 0.717) is 0 Å². The van der Waals surface area contributed by atoms with Gasteiger partial charge < -0.3 is 15.3 Å². The molecule has 2 aromatic rings. The molecule has 5 heteroatoms. The first-order chi connectivity index (χ1) is 11.2. The number of nitrogens with zero attached hydrogens (tertiary/aromatic N) is 3. The predicted molar refractivity (Wildman–Crippen MR) is 92.9 cm³/mol. The van der Waals surface area contributed by atoms with Gasteiger partial charge in [0.05, 0.1) is 12.6 Å². The first-order valence-electron chi connectivity index (χ1n) is 8.24. The van der Waals surface area contributed by atoms with Crippen LogP contribution in [0.2, 0.25) is 0 Å². The standard InChI is InChI=1S/C18H24N4O/c1-14-4-6-15(7-5-14)10-16(12-23)21-17-11-18(20-13-19-17)22-8-2-3-9-22/h4-7,11,13,16,23H,2-3,8-10,12H2,1H3,(H,19,20,21). The molecule has 2 heterocycles. The van der Waals surface area contributed by atoms with Gasteiger partial charge >= 0.3 is 0 Å². The van der Waals surface area contributed by atoms with Gasteiger partial charge in [0.1, 0.15) is 18.0 Å². The summed E-state index contributed by atoms with van der Waals surface area (Å²) in [6.07, 6.45) is 4.80. The van der Waals surface area contributed by atoms with E-state index in [1.54, 1.807) is 6.33 Å². The molecule has 122 valence electrons. The van der Waals surface area contributed by atoms with Crippen LogP contribution in [0, 0.1) is 6.92 Å². The molecule has 0 radical (unpaired) electrons. The fourth-order valence-corrected chi connectivity index (χ4v) is 2.92. The number of benzene rings is 1. The van der Waals surface area contributed by atoms with E-state index >= 15 is 0 Å². The third kappa shape index (κ3) is 4.20. The number of rotatable bonds is 6. The molecule has 1 saturated heterocycles. The summed E-state index contributed by atoms with van der Waals surface area (Å²) in [4.78, 5) is 10.9. The Morgan fingerprint density at radius 2 is 1.91 bits per heavy atom. The van der Waals surface area contributed by atoms with Crippen LogP contribution in [0.5, 0.6) is 0 Å². The third-order valence-electron chi connectivity index (χ3n) is 4.26. The number of aryl methyl sites for hydroxylation is 1. The van der Waals surface area contributed by atoms with Crippen molar-refractivity contribution in [1.82, 2.24) is 9.97 Å². The van der Waals surface area contributed by atoms with Crippen molar-refractivity contribution in [2.45, 2.75) is 32.2 Å². The van der Waals surface area contributed by atoms with E-state index < -0.39 is 0 Å². The number of anilines is 2. The van der Waals surface area contributed by atoms with Crippen molar-refractivity contribution >= 4 is 11.6 Å². The molecule has 0 spiro atoms. The summed E-state index contributed by atoms with van der Waals surface area (Å²) in [6.45, 7) is 4.26. The van der Waals surface area contributed by atoms with Crippen molar-refractivity contribution in [3.63, 3.8) is 0 Å². The maximum Gasteiger partial charge on any atom is 0.134 e. The van der Waals surface area contributed by atoms with Crippen molar-refractivity contribution in [3.05, 3.63) is 47.8 Å². The SMILES string of the molecule is Cc1ccc(CC(CO)Nc2cc(N3CCCC3)ncn2)cc1. The van der Waals surface area contributed by atoms with E-state index in [4.69, 9.17) is 0 Å². The van der Waals surface area contributed by atoms with Crippen LogP contribution in [0.15, 0.2) is 36.7 Å². The average Bonchev–Trinajstić information content (AvgIpc) is 3.11. The molecule has 1 aliphatic rings. The molecule has 0 saturated carbocycles. The zero-order valence-electron chi connectivity index (χ0n) is 13.6. The number of hydrogen-bond donors (Lipinski definition) is 2. The minimum atomic E-state index is -0.0564. The highest BCUT2D eigenvalue weighted by Crippen LogP contribution is 2.20. The first-order valence-corrected chi connectivity index (χ1v) is 8.24. The van der Waals surface area contributed by atoms with Gasteiger partial charge in [-0.25, -0.2) is 9.97 Å². The number of aliphatic hydroxyl groups excluding tert-OH is 1. The topological polar surface area (TPSA) is 61.3 Å². The van der Waals surface area contributed by atoms with Gasteiger partial charge in [0.25, 0.3) is 0 Å². The lowest BCUT2D eigenvalue weighted by molar-refractivity contribution is 0.273. The van der Waals surface area contributed by atoms with Gasteiger partial charge in [0, 0.05) is 19.2 Å². The Morgan fingerprint density at radius 3 is 2.61 bits per heavy atom. The maximum absolute atomic E-state index is 9.67. The summed E-state index contributed by atoms with van der Waals surface area (Å²) in [5.74, 6) is 1.74. The number of nitrogens with one attached hydrogen (secondary N) is 1. The Bertz CT molecular complexity index is 623. The first kappa shape index (κ1) is 15.7. The Balaban J connectivity index is 1.66. The monoisotopic (exact) mass is 312 g/mol. The summed E-state index contributed by atoms with van der Waals surface area (Å²) in [6, 6.07) is 10.3. The molecular formula is C18H24N4O. The van der Waals surface area contributed by atoms with Crippen molar-refractivity contribution in [1.29, 1.82) is 0 Å². The van der Waals surface area contributed by atoms with Crippen molar-refractivity contribution in [2.24, 2.45) is 0 Å². The van der Waals surface area contributed by atoms with Gasteiger partial charge in [-0.05, 0) is 31.7 Å². The number of aliphatic hydroxyl groups is 1. The van der Waals surface area contributed by atoms with E-state index in [-0.39, 0.29) is 12.6 Å². The third-order valence-corrected chi connectivity index (χ3v) is 4.26. The van der Waals surface area contributed by atoms with Crippen LogP contribution in [-0.4, -0.2) is 40.8 Å². The average molecular weight is 312 g/mol. The number of hydrogen-bond acceptors (Lipinski definition) is 5. The second-order valence-corrected chi connectivity index (χ2v) is 6.17. The molecule has 5 nitrogen and oxygen atoms in total. The minimum absolute atomic E-state index is 0.0564. The van der Waals surface area contributed by atoms with Gasteiger partial charge in [0.2, 0.25) is 0 Å². The van der Waals surface area contributed by atoms with E-state index in [0.717, 1.165) is 31.1 Å². The molecule has 1 unspecified atom stereocenters. The van der Waals surface area contributed by atoms with Crippen molar-refractivity contribution in [2.75, 3.05) is 29.9 Å². The summed E-state index contributed by atoms with van der Waals surface area (Å²) >= 11 is 0. The quantitative estimate of drug-likeness (QED) is 0.857. The van der Waals surface area contributed by atoms with E-state index in [9.17, 15) is 5.11 Å². The van der Waals surface area contributed by atoms with Crippen LogP contribution >= 0.6 is 0 Å². The maximum atomic E-state index is 9.67. The van der Waals surface area contributed by atoms with Gasteiger partial charge in [-0.1, -0.05) is 29.8 Å². The zero-order chi connectivity index (χ0) is 16.1. The lowest BCUT2D eigenvalue weighted by Crippen LogP contribution is -2.27. The lowest BCUT2D eigenvalue weighted by Gasteiger charge is -2.20. The van der Waals surface area contributed by atoms with Gasteiger partial charge in [0.15, 0.2) is 0 Å². The van der Waals surface area contributed by atoms with Gasteiger partial charge in [-0.3, -0.25) is 0 Å². The fraction of sp³-hybridized carbons (Fsp3) is 0.444. The Labute approximate surface area is 137 Å². The minimum Gasteiger partial charge on any atom is -0.394 e. The van der Waals surface area contributed by atoms with Crippen molar-refractivity contribution in [3.8, 4) is 0 Å². The second kappa shape index (κ2) is 7.42. The van der Waals surface area contributed by atoms with Crippen LogP contribution in [-0.2, 0) is 6.42 Å². The Morgan fingerprint density at radius 1 is 1.17 bits per heavy atom. The molecule has 1 aromatic heterocycles. The summed E-state index contributed by atoms with van der Waals surface area (Å²) in [7, 11) is 0. The van der Waals surface area contributed by atoms with E-state index in [1.165, 1.54) is 24.0 Å². The molecule has 23 heavy (non-hydrogen) atoms. The highest BCUT2D eigenvalue weighted by atomic mass is 16.3. The largest absolute Gasteiger partial charge is 0.394 e. The van der Waals surface area contributed by atoms with Gasteiger partial charge in [-0.2, -0.15) is 0 Å². The summed E-state index contributed by atoms with van der Waals surface area (Å²) < 4.78 is 0.